The average Bonchev–Trinajstić information content (AvgIpc) is 2.79. The summed E-state index contributed by atoms with van der Waals surface area (Å²) >= 11 is 0. The van der Waals surface area contributed by atoms with Gasteiger partial charge in [0, 0.05) is 29.9 Å². The second kappa shape index (κ2) is 9.74. The average molecular weight is 506 g/mol. The van der Waals surface area contributed by atoms with Crippen molar-refractivity contribution in [3.05, 3.63) is 52.6 Å². The van der Waals surface area contributed by atoms with Crippen LogP contribution in [0.1, 0.15) is 41.6 Å². The molecule has 2 atom stereocenters. The maximum Gasteiger partial charge on any atom is 0.416 e. The van der Waals surface area contributed by atoms with Crippen molar-refractivity contribution in [2.75, 3.05) is 26.6 Å². The van der Waals surface area contributed by atoms with Gasteiger partial charge in [-0.25, -0.2) is 4.79 Å². The highest BCUT2D eigenvalue weighted by molar-refractivity contribution is 5.71. The van der Waals surface area contributed by atoms with Gasteiger partial charge in [0.25, 0.3) is 0 Å². The Labute approximate surface area is 197 Å². The van der Waals surface area contributed by atoms with Gasteiger partial charge >= 0.3 is 18.4 Å². The Morgan fingerprint density at radius 2 is 1.49 bits per heavy atom. The molecule has 12 heteroatoms. The lowest BCUT2D eigenvalue weighted by molar-refractivity contribution is -0.143. The quantitative estimate of drug-likeness (QED) is 0.486. The third kappa shape index (κ3) is 5.68. The summed E-state index contributed by atoms with van der Waals surface area (Å²) in [5, 5.41) is 3.24. The number of nitrogens with zero attached hydrogens (tertiary/aromatic N) is 1. The Balaban J connectivity index is 2.12. The van der Waals surface area contributed by atoms with Gasteiger partial charge in [0.1, 0.15) is 0 Å². The predicted octanol–water partition coefficient (Wildman–Crippen LogP) is 6.26. The Morgan fingerprint density at radius 3 is 1.97 bits per heavy atom. The number of anilines is 1. The lowest BCUT2D eigenvalue weighted by Gasteiger charge is -2.38. The van der Waals surface area contributed by atoms with Gasteiger partial charge in [-0.2, -0.15) is 26.3 Å². The summed E-state index contributed by atoms with van der Waals surface area (Å²) < 4.78 is 95.6. The fourth-order valence-corrected chi connectivity index (χ4v) is 4.10. The number of carbonyl (C=O) groups excluding carboxylic acids is 1. The van der Waals surface area contributed by atoms with E-state index >= 15 is 0 Å². The minimum atomic E-state index is -5.01. The second-order valence-electron chi connectivity index (χ2n) is 8.10. The highest BCUT2D eigenvalue weighted by Crippen LogP contribution is 2.44. The summed E-state index contributed by atoms with van der Waals surface area (Å²) in [7, 11) is 3.95. The molecule has 0 bridgehead atoms. The summed E-state index contributed by atoms with van der Waals surface area (Å²) in [5.41, 5.74) is -2.13. The van der Waals surface area contributed by atoms with E-state index in [2.05, 4.69) is 5.32 Å². The first kappa shape index (κ1) is 26.3. The molecule has 1 N–H and O–H groups in total. The van der Waals surface area contributed by atoms with Crippen LogP contribution < -0.4 is 14.8 Å². The Kier molecular flexibility index (Phi) is 7.32. The number of fused-ring (bicyclic) bond motifs is 1. The maximum atomic E-state index is 13.3. The van der Waals surface area contributed by atoms with Gasteiger partial charge in [-0.3, -0.25) is 4.90 Å². The summed E-state index contributed by atoms with van der Waals surface area (Å²) in [6.07, 6.45) is -10.6. The van der Waals surface area contributed by atoms with E-state index in [0.29, 0.717) is 41.3 Å². The SMILES string of the molecule is COC(=O)N(Cc1cc(C(F)(F)F)cc(C(F)(F)F)c1)C1CC(C)Nc2cc(OC)c(OC)cc21. The predicted molar refractivity (Wildman–Crippen MR) is 114 cm³/mol. The Bertz CT molecular complexity index is 1050. The monoisotopic (exact) mass is 506 g/mol. The summed E-state index contributed by atoms with van der Waals surface area (Å²) in [5.74, 6) is 0.750. The molecule has 0 aromatic heterocycles. The van der Waals surface area contributed by atoms with Crippen molar-refractivity contribution in [2.24, 2.45) is 0 Å². The van der Waals surface area contributed by atoms with Crippen LogP contribution in [0.2, 0.25) is 0 Å². The van der Waals surface area contributed by atoms with Crippen molar-refractivity contribution < 1.29 is 45.3 Å². The van der Waals surface area contributed by atoms with Crippen molar-refractivity contribution in [1.29, 1.82) is 0 Å². The first-order valence-corrected chi connectivity index (χ1v) is 10.4. The van der Waals surface area contributed by atoms with Crippen LogP contribution in [0.15, 0.2) is 30.3 Å². The van der Waals surface area contributed by atoms with Crippen LogP contribution >= 0.6 is 0 Å². The summed E-state index contributed by atoms with van der Waals surface area (Å²) in [4.78, 5) is 13.9. The van der Waals surface area contributed by atoms with Crippen molar-refractivity contribution in [1.82, 2.24) is 4.90 Å². The minimum absolute atomic E-state index is 0.0467. The first-order chi connectivity index (χ1) is 16.3. The number of benzene rings is 2. The molecule has 0 saturated carbocycles. The molecule has 35 heavy (non-hydrogen) atoms. The van der Waals surface area contributed by atoms with E-state index in [1.165, 1.54) is 14.2 Å². The van der Waals surface area contributed by atoms with E-state index in [0.717, 1.165) is 12.0 Å². The van der Waals surface area contributed by atoms with E-state index in [1.54, 1.807) is 12.1 Å². The van der Waals surface area contributed by atoms with Crippen LogP contribution in [-0.2, 0) is 23.6 Å². The van der Waals surface area contributed by atoms with Crippen LogP contribution in [0, 0.1) is 0 Å². The molecule has 192 valence electrons. The van der Waals surface area contributed by atoms with E-state index < -0.39 is 42.2 Å². The topological polar surface area (TPSA) is 60.0 Å². The molecule has 0 fully saturated rings. The van der Waals surface area contributed by atoms with Gasteiger partial charge < -0.3 is 19.5 Å². The number of alkyl halides is 6. The van der Waals surface area contributed by atoms with E-state index in [9.17, 15) is 31.1 Å². The van der Waals surface area contributed by atoms with Gasteiger partial charge in [-0.15, -0.1) is 0 Å². The number of halogens is 6. The zero-order valence-corrected chi connectivity index (χ0v) is 19.3. The molecule has 0 saturated heterocycles. The fourth-order valence-electron chi connectivity index (χ4n) is 4.10. The zero-order valence-electron chi connectivity index (χ0n) is 19.3. The van der Waals surface area contributed by atoms with Crippen molar-refractivity contribution >= 4 is 11.8 Å². The third-order valence-electron chi connectivity index (χ3n) is 5.68. The van der Waals surface area contributed by atoms with Crippen LogP contribution in [0.4, 0.5) is 36.8 Å². The van der Waals surface area contributed by atoms with Gasteiger partial charge in [0.05, 0.1) is 38.5 Å². The van der Waals surface area contributed by atoms with Crippen molar-refractivity contribution in [3.8, 4) is 11.5 Å². The lowest BCUT2D eigenvalue weighted by atomic mass is 9.91. The molecule has 2 aromatic carbocycles. The van der Waals surface area contributed by atoms with Gasteiger partial charge in [-0.05, 0) is 43.2 Å². The van der Waals surface area contributed by atoms with Crippen LogP contribution in [0.25, 0.3) is 0 Å². The maximum absolute atomic E-state index is 13.3. The van der Waals surface area contributed by atoms with Crippen LogP contribution in [-0.4, -0.2) is 38.4 Å². The molecule has 6 nitrogen and oxygen atoms in total. The van der Waals surface area contributed by atoms with Gasteiger partial charge in [0.15, 0.2) is 11.5 Å². The molecule has 2 aromatic rings. The number of methoxy groups -OCH3 is 3. The molecular formula is C23H24F6N2O4. The molecule has 1 amide bonds. The molecule has 1 aliphatic heterocycles. The van der Waals surface area contributed by atoms with Crippen LogP contribution in [0.3, 0.4) is 0 Å². The van der Waals surface area contributed by atoms with Gasteiger partial charge in [0.2, 0.25) is 0 Å². The highest BCUT2D eigenvalue weighted by atomic mass is 19.4. The van der Waals surface area contributed by atoms with Crippen molar-refractivity contribution in [3.63, 3.8) is 0 Å². The molecule has 1 heterocycles. The Hall–Kier alpha value is -3.31. The number of carbonyl (C=O) groups is 1. The Morgan fingerprint density at radius 1 is 0.943 bits per heavy atom. The summed E-state index contributed by atoms with van der Waals surface area (Å²) in [6.45, 7) is 1.28. The molecule has 0 spiro atoms. The molecule has 0 radical (unpaired) electrons. The number of hydrogen-bond acceptors (Lipinski definition) is 5. The normalized spacial score (nSPS) is 17.8. The molecule has 3 rings (SSSR count). The second-order valence-corrected chi connectivity index (χ2v) is 8.10. The number of ether oxygens (including phenoxy) is 3. The lowest BCUT2D eigenvalue weighted by Crippen LogP contribution is -2.40. The molecule has 2 unspecified atom stereocenters. The number of rotatable bonds is 5. The third-order valence-corrected chi connectivity index (χ3v) is 5.68. The minimum Gasteiger partial charge on any atom is -0.493 e. The number of hydrogen-bond donors (Lipinski definition) is 1. The fraction of sp³-hybridized carbons (Fsp3) is 0.435. The number of amides is 1. The molecule has 0 aliphatic carbocycles. The van der Waals surface area contributed by atoms with Crippen molar-refractivity contribution in [2.45, 2.75) is 44.3 Å². The first-order valence-electron chi connectivity index (χ1n) is 10.4. The van der Waals surface area contributed by atoms with Crippen LogP contribution in [0.5, 0.6) is 11.5 Å². The van der Waals surface area contributed by atoms with E-state index in [-0.39, 0.29) is 17.7 Å². The molecule has 1 aliphatic rings. The van der Waals surface area contributed by atoms with E-state index in [1.807, 2.05) is 6.92 Å². The standard InChI is InChI=1S/C23H24F6N2O4/c1-12-5-18(16-9-19(33-2)20(34-3)10-17(16)30-12)31(21(32)35-4)11-13-6-14(22(24,25)26)8-15(7-13)23(27,28)29/h6-10,12,18,30H,5,11H2,1-4H3. The summed E-state index contributed by atoms with van der Waals surface area (Å²) in [6, 6.07) is 3.59. The highest BCUT2D eigenvalue weighted by Gasteiger charge is 2.38. The molecular weight excluding hydrogens is 482 g/mol. The van der Waals surface area contributed by atoms with Gasteiger partial charge in [-0.1, -0.05) is 0 Å². The smallest absolute Gasteiger partial charge is 0.416 e. The largest absolute Gasteiger partial charge is 0.493 e. The number of nitrogens with one attached hydrogen (secondary N) is 1. The van der Waals surface area contributed by atoms with E-state index in [4.69, 9.17) is 14.2 Å². The zero-order chi connectivity index (χ0) is 26.1.